The molecule has 0 saturated carbocycles. The summed E-state index contributed by atoms with van der Waals surface area (Å²) in [6, 6.07) is 8.34. The number of benzene rings is 1. The Hall–Kier alpha value is -1.90. The number of aryl methyl sites for hydroxylation is 1. The average Bonchev–Trinajstić information content (AvgIpc) is 2.85. The molecule has 0 amide bonds. The molecule has 0 spiro atoms. The highest BCUT2D eigenvalue weighted by atomic mass is 15.3. The summed E-state index contributed by atoms with van der Waals surface area (Å²) in [4.78, 5) is 4.32. The van der Waals surface area contributed by atoms with Gasteiger partial charge >= 0.3 is 0 Å². The van der Waals surface area contributed by atoms with Crippen molar-refractivity contribution in [2.45, 2.75) is 32.7 Å². The first-order chi connectivity index (χ1) is 8.81. The standard InChI is InChI=1S/C15H19N3/c1-3-5-6-15-16-12-18(17-15)11-14-9-7-13(4-2)8-10-14/h4,7-10,12H,2-3,5-6,11H2,1H3. The number of nitrogens with zero attached hydrogens (tertiary/aromatic N) is 3. The molecule has 0 aliphatic heterocycles. The van der Waals surface area contributed by atoms with Crippen molar-refractivity contribution in [3.8, 4) is 0 Å². The van der Waals surface area contributed by atoms with Gasteiger partial charge in [-0.3, -0.25) is 0 Å². The van der Waals surface area contributed by atoms with Crippen molar-refractivity contribution in [2.24, 2.45) is 0 Å². The van der Waals surface area contributed by atoms with Gasteiger partial charge in [-0.2, -0.15) is 5.10 Å². The second-order valence-electron chi connectivity index (χ2n) is 4.41. The van der Waals surface area contributed by atoms with Gasteiger partial charge in [0.25, 0.3) is 0 Å². The van der Waals surface area contributed by atoms with Crippen molar-refractivity contribution in [3.63, 3.8) is 0 Å². The van der Waals surface area contributed by atoms with E-state index in [4.69, 9.17) is 0 Å². The summed E-state index contributed by atoms with van der Waals surface area (Å²) in [5.41, 5.74) is 2.37. The lowest BCUT2D eigenvalue weighted by Crippen LogP contribution is -2.01. The lowest BCUT2D eigenvalue weighted by molar-refractivity contribution is 0.661. The smallest absolute Gasteiger partial charge is 0.150 e. The molecule has 3 nitrogen and oxygen atoms in total. The van der Waals surface area contributed by atoms with E-state index in [1.54, 1.807) is 0 Å². The molecule has 0 aliphatic rings. The maximum atomic E-state index is 4.47. The maximum Gasteiger partial charge on any atom is 0.150 e. The Bertz CT molecular complexity index is 497. The van der Waals surface area contributed by atoms with Gasteiger partial charge in [0, 0.05) is 6.42 Å². The van der Waals surface area contributed by atoms with Gasteiger partial charge in [0.05, 0.1) is 6.54 Å². The second kappa shape index (κ2) is 6.15. The minimum Gasteiger partial charge on any atom is -0.248 e. The normalized spacial score (nSPS) is 10.5. The monoisotopic (exact) mass is 241 g/mol. The Balaban J connectivity index is 1.99. The quantitative estimate of drug-likeness (QED) is 0.776. The molecule has 0 radical (unpaired) electrons. The fourth-order valence-corrected chi connectivity index (χ4v) is 1.81. The van der Waals surface area contributed by atoms with E-state index in [2.05, 4.69) is 47.9 Å². The van der Waals surface area contributed by atoms with E-state index >= 15 is 0 Å². The molecular formula is C15H19N3. The number of unbranched alkanes of at least 4 members (excludes halogenated alkanes) is 1. The summed E-state index contributed by atoms with van der Waals surface area (Å²) >= 11 is 0. The van der Waals surface area contributed by atoms with Gasteiger partial charge in [0.15, 0.2) is 5.82 Å². The molecule has 2 rings (SSSR count). The molecule has 0 aliphatic carbocycles. The minimum atomic E-state index is 0.774. The summed E-state index contributed by atoms with van der Waals surface area (Å²) in [6.07, 6.45) is 6.96. The molecule has 2 aromatic rings. The van der Waals surface area contributed by atoms with Crippen molar-refractivity contribution >= 4 is 6.08 Å². The van der Waals surface area contributed by atoms with Crippen molar-refractivity contribution in [1.82, 2.24) is 14.8 Å². The van der Waals surface area contributed by atoms with Crippen LogP contribution in [-0.4, -0.2) is 14.8 Å². The van der Waals surface area contributed by atoms with Crippen molar-refractivity contribution in [3.05, 3.63) is 54.1 Å². The maximum absolute atomic E-state index is 4.47. The van der Waals surface area contributed by atoms with Crippen LogP contribution in [0.5, 0.6) is 0 Å². The molecule has 1 aromatic carbocycles. The van der Waals surface area contributed by atoms with Gasteiger partial charge in [-0.25, -0.2) is 9.67 Å². The van der Waals surface area contributed by atoms with Crippen LogP contribution in [0.2, 0.25) is 0 Å². The van der Waals surface area contributed by atoms with Gasteiger partial charge in [-0.1, -0.05) is 50.3 Å². The largest absolute Gasteiger partial charge is 0.248 e. The fourth-order valence-electron chi connectivity index (χ4n) is 1.81. The Labute approximate surface area is 108 Å². The van der Waals surface area contributed by atoms with Crippen LogP contribution >= 0.6 is 0 Å². The van der Waals surface area contributed by atoms with E-state index in [0.717, 1.165) is 30.8 Å². The third kappa shape index (κ3) is 3.29. The van der Waals surface area contributed by atoms with E-state index in [1.807, 2.05) is 17.1 Å². The van der Waals surface area contributed by atoms with Crippen molar-refractivity contribution in [1.29, 1.82) is 0 Å². The highest BCUT2D eigenvalue weighted by Gasteiger charge is 2.01. The van der Waals surface area contributed by atoms with E-state index in [0.29, 0.717) is 0 Å². The predicted octanol–water partition coefficient (Wildman–Crippen LogP) is 3.31. The first kappa shape index (κ1) is 12.6. The highest BCUT2D eigenvalue weighted by molar-refractivity contribution is 5.47. The molecule has 18 heavy (non-hydrogen) atoms. The van der Waals surface area contributed by atoms with Gasteiger partial charge in [-0.15, -0.1) is 0 Å². The number of rotatable bonds is 6. The van der Waals surface area contributed by atoms with Crippen LogP contribution in [0.3, 0.4) is 0 Å². The van der Waals surface area contributed by atoms with E-state index in [1.165, 1.54) is 12.0 Å². The molecule has 0 atom stereocenters. The molecule has 0 saturated heterocycles. The van der Waals surface area contributed by atoms with E-state index in [9.17, 15) is 0 Å². The average molecular weight is 241 g/mol. The lowest BCUT2D eigenvalue weighted by atomic mass is 10.1. The molecule has 1 heterocycles. The molecule has 0 N–H and O–H groups in total. The first-order valence-electron chi connectivity index (χ1n) is 6.41. The third-order valence-corrected chi connectivity index (χ3v) is 2.90. The van der Waals surface area contributed by atoms with Gasteiger partial charge in [0.1, 0.15) is 6.33 Å². The lowest BCUT2D eigenvalue weighted by Gasteiger charge is -2.01. The molecule has 0 unspecified atom stereocenters. The highest BCUT2D eigenvalue weighted by Crippen LogP contribution is 2.07. The SMILES string of the molecule is C=Cc1ccc(Cn2cnc(CCCC)n2)cc1. The van der Waals surface area contributed by atoms with Crippen LogP contribution in [0.4, 0.5) is 0 Å². The summed E-state index contributed by atoms with van der Waals surface area (Å²) in [5.74, 6) is 0.944. The van der Waals surface area contributed by atoms with Crippen molar-refractivity contribution < 1.29 is 0 Å². The summed E-state index contributed by atoms with van der Waals surface area (Å²) in [5, 5.41) is 4.47. The van der Waals surface area contributed by atoms with Crippen LogP contribution in [-0.2, 0) is 13.0 Å². The van der Waals surface area contributed by atoms with E-state index < -0.39 is 0 Å². The van der Waals surface area contributed by atoms with Crippen molar-refractivity contribution in [2.75, 3.05) is 0 Å². The predicted molar refractivity (Wildman–Crippen MR) is 74.3 cm³/mol. The topological polar surface area (TPSA) is 30.7 Å². The van der Waals surface area contributed by atoms with Gasteiger partial charge in [-0.05, 0) is 17.5 Å². The molecule has 1 aromatic heterocycles. The Morgan fingerprint density at radius 3 is 2.72 bits per heavy atom. The molecule has 3 heteroatoms. The van der Waals surface area contributed by atoms with Crippen LogP contribution in [0.25, 0.3) is 6.08 Å². The number of hydrogen-bond donors (Lipinski definition) is 0. The van der Waals surface area contributed by atoms with Crippen LogP contribution in [0.1, 0.15) is 36.7 Å². The first-order valence-corrected chi connectivity index (χ1v) is 6.41. The molecule has 0 fully saturated rings. The molecule has 94 valence electrons. The van der Waals surface area contributed by atoms with Crippen LogP contribution in [0.15, 0.2) is 37.2 Å². The minimum absolute atomic E-state index is 0.774. The zero-order valence-electron chi connectivity index (χ0n) is 10.8. The van der Waals surface area contributed by atoms with E-state index in [-0.39, 0.29) is 0 Å². The van der Waals surface area contributed by atoms with Gasteiger partial charge < -0.3 is 0 Å². The Kier molecular flexibility index (Phi) is 4.29. The van der Waals surface area contributed by atoms with Crippen LogP contribution < -0.4 is 0 Å². The molecular weight excluding hydrogens is 222 g/mol. The summed E-state index contributed by atoms with van der Waals surface area (Å²) in [7, 11) is 0. The Morgan fingerprint density at radius 2 is 2.06 bits per heavy atom. The van der Waals surface area contributed by atoms with Crippen LogP contribution in [0, 0.1) is 0 Å². The zero-order valence-corrected chi connectivity index (χ0v) is 10.8. The van der Waals surface area contributed by atoms with Gasteiger partial charge in [0.2, 0.25) is 0 Å². The zero-order chi connectivity index (χ0) is 12.8. The fraction of sp³-hybridized carbons (Fsp3) is 0.333. The second-order valence-corrected chi connectivity index (χ2v) is 4.41. The third-order valence-electron chi connectivity index (χ3n) is 2.90. The summed E-state index contributed by atoms with van der Waals surface area (Å²) < 4.78 is 1.90. The molecule has 0 bridgehead atoms. The number of aromatic nitrogens is 3. The summed E-state index contributed by atoms with van der Waals surface area (Å²) in [6.45, 7) is 6.70. The Morgan fingerprint density at radius 1 is 1.28 bits per heavy atom. The number of hydrogen-bond acceptors (Lipinski definition) is 2.